The minimum Gasteiger partial charge on any atom is -0.386 e. The zero-order valence-electron chi connectivity index (χ0n) is 12.8. The fourth-order valence-electron chi connectivity index (χ4n) is 2.88. The van der Waals surface area contributed by atoms with Crippen LogP contribution >= 0.6 is 0 Å². The number of nitrogens with zero attached hydrogens (tertiary/aromatic N) is 1. The van der Waals surface area contributed by atoms with Gasteiger partial charge in [-0.25, -0.2) is 4.39 Å². The molecule has 1 heterocycles. The van der Waals surface area contributed by atoms with Crippen LogP contribution in [0.3, 0.4) is 0 Å². The second kappa shape index (κ2) is 6.05. The predicted molar refractivity (Wildman–Crippen MR) is 87.1 cm³/mol. The van der Waals surface area contributed by atoms with E-state index in [-0.39, 0.29) is 5.82 Å². The molecule has 0 amide bonds. The molecule has 0 spiro atoms. The number of halogens is 1. The summed E-state index contributed by atoms with van der Waals surface area (Å²) in [5.74, 6) is 0.521. The van der Waals surface area contributed by atoms with E-state index in [0.29, 0.717) is 5.69 Å². The number of nitrogens with two attached hydrogens (primary N) is 1. The molecule has 3 N–H and O–H groups in total. The fourth-order valence-corrected chi connectivity index (χ4v) is 2.88. The van der Waals surface area contributed by atoms with Crippen LogP contribution in [0.15, 0.2) is 42.6 Å². The molecular weight excluding hydrogens is 277 g/mol. The van der Waals surface area contributed by atoms with Gasteiger partial charge in [0, 0.05) is 13.2 Å². The number of hydrogen-bond donors (Lipinski definition) is 2. The summed E-state index contributed by atoms with van der Waals surface area (Å²) in [5, 5.41) is 2.89. The predicted octanol–water partition coefficient (Wildman–Crippen LogP) is 3.65. The Kier molecular flexibility index (Phi) is 4.12. The summed E-state index contributed by atoms with van der Waals surface area (Å²) in [4.78, 5) is 4.46. The van der Waals surface area contributed by atoms with E-state index >= 15 is 0 Å². The number of aromatic nitrogens is 1. The summed E-state index contributed by atoms with van der Waals surface area (Å²) in [6.45, 7) is 0. The first-order valence-electron chi connectivity index (χ1n) is 7.81. The van der Waals surface area contributed by atoms with E-state index < -0.39 is 5.54 Å². The molecule has 0 bridgehead atoms. The van der Waals surface area contributed by atoms with Crippen molar-refractivity contribution in [2.24, 2.45) is 11.7 Å². The van der Waals surface area contributed by atoms with E-state index in [1.54, 1.807) is 25.4 Å². The molecule has 1 fully saturated rings. The Labute approximate surface area is 130 Å². The smallest absolute Gasteiger partial charge is 0.146 e. The topological polar surface area (TPSA) is 50.9 Å². The van der Waals surface area contributed by atoms with Crippen LogP contribution < -0.4 is 11.1 Å². The Balaban J connectivity index is 2.00. The fraction of sp³-hybridized carbons (Fsp3) is 0.389. The van der Waals surface area contributed by atoms with E-state index in [0.717, 1.165) is 30.0 Å². The number of hydrogen-bond acceptors (Lipinski definition) is 3. The molecule has 0 aliphatic heterocycles. The molecule has 1 unspecified atom stereocenters. The molecule has 0 radical (unpaired) electrons. The van der Waals surface area contributed by atoms with Gasteiger partial charge in [-0.3, -0.25) is 4.98 Å². The molecule has 1 aromatic heterocycles. The lowest BCUT2D eigenvalue weighted by Crippen LogP contribution is -2.39. The van der Waals surface area contributed by atoms with Gasteiger partial charge >= 0.3 is 0 Å². The Morgan fingerprint density at radius 3 is 2.77 bits per heavy atom. The van der Waals surface area contributed by atoms with Gasteiger partial charge in [0.05, 0.1) is 16.9 Å². The van der Waals surface area contributed by atoms with Gasteiger partial charge in [-0.05, 0) is 48.6 Å². The summed E-state index contributed by atoms with van der Waals surface area (Å²) < 4.78 is 13.8. The first-order valence-corrected chi connectivity index (χ1v) is 7.81. The van der Waals surface area contributed by atoms with Crippen molar-refractivity contribution in [2.45, 2.75) is 31.2 Å². The molecule has 116 valence electrons. The van der Waals surface area contributed by atoms with Gasteiger partial charge in [0.25, 0.3) is 0 Å². The van der Waals surface area contributed by atoms with Crippen LogP contribution in [0.4, 0.5) is 10.1 Å². The van der Waals surface area contributed by atoms with Crippen LogP contribution in [0.1, 0.15) is 36.9 Å². The number of rotatable bonds is 6. The van der Waals surface area contributed by atoms with Crippen LogP contribution in [0.25, 0.3) is 0 Å². The molecule has 22 heavy (non-hydrogen) atoms. The monoisotopic (exact) mass is 299 g/mol. The van der Waals surface area contributed by atoms with Gasteiger partial charge < -0.3 is 11.1 Å². The van der Waals surface area contributed by atoms with Crippen molar-refractivity contribution in [3.8, 4) is 0 Å². The van der Waals surface area contributed by atoms with E-state index in [4.69, 9.17) is 5.73 Å². The van der Waals surface area contributed by atoms with Crippen molar-refractivity contribution in [1.29, 1.82) is 0 Å². The van der Waals surface area contributed by atoms with E-state index in [1.165, 1.54) is 18.9 Å². The van der Waals surface area contributed by atoms with Gasteiger partial charge in [0.15, 0.2) is 0 Å². The SMILES string of the molecule is CNc1cc(C(N)(CCC2CC2)c2ccccn2)ccc1F. The third-order valence-electron chi connectivity index (χ3n) is 4.52. The van der Waals surface area contributed by atoms with Gasteiger partial charge in [-0.1, -0.05) is 25.0 Å². The number of nitrogens with one attached hydrogen (secondary N) is 1. The van der Waals surface area contributed by atoms with Crippen molar-refractivity contribution in [2.75, 3.05) is 12.4 Å². The molecule has 3 nitrogen and oxygen atoms in total. The lowest BCUT2D eigenvalue weighted by atomic mass is 9.82. The Morgan fingerprint density at radius 1 is 1.32 bits per heavy atom. The van der Waals surface area contributed by atoms with E-state index in [9.17, 15) is 4.39 Å². The lowest BCUT2D eigenvalue weighted by molar-refractivity contribution is 0.443. The van der Waals surface area contributed by atoms with Crippen LogP contribution in [0.5, 0.6) is 0 Å². The van der Waals surface area contributed by atoms with Gasteiger partial charge in [-0.2, -0.15) is 0 Å². The molecule has 1 aliphatic rings. The number of pyridine rings is 1. The number of benzene rings is 1. The Hall–Kier alpha value is -1.94. The minimum atomic E-state index is -0.677. The highest BCUT2D eigenvalue weighted by molar-refractivity contribution is 5.50. The summed E-state index contributed by atoms with van der Waals surface area (Å²) in [5.41, 5.74) is 8.31. The zero-order valence-corrected chi connectivity index (χ0v) is 12.8. The van der Waals surface area contributed by atoms with Gasteiger partial charge in [0.1, 0.15) is 5.82 Å². The lowest BCUT2D eigenvalue weighted by Gasteiger charge is -2.30. The van der Waals surface area contributed by atoms with E-state index in [1.807, 2.05) is 18.2 Å². The molecular formula is C18H22FN3. The van der Waals surface area contributed by atoms with Crippen molar-refractivity contribution in [1.82, 2.24) is 4.98 Å². The summed E-state index contributed by atoms with van der Waals surface area (Å²) in [6.07, 6.45) is 6.26. The molecule has 0 saturated heterocycles. The standard InChI is InChI=1S/C18H22FN3/c1-21-16-12-14(7-8-15(16)19)18(20,10-9-13-5-6-13)17-4-2-3-11-22-17/h2-4,7-8,11-13,21H,5-6,9-10,20H2,1H3. The van der Waals surface area contributed by atoms with E-state index in [2.05, 4.69) is 10.3 Å². The van der Waals surface area contributed by atoms with Gasteiger partial charge in [-0.15, -0.1) is 0 Å². The van der Waals surface area contributed by atoms with Crippen LogP contribution in [-0.4, -0.2) is 12.0 Å². The summed E-state index contributed by atoms with van der Waals surface area (Å²) >= 11 is 0. The molecule has 2 aromatic rings. The Bertz CT molecular complexity index is 640. The minimum absolute atomic E-state index is 0.267. The average Bonchev–Trinajstić information content (AvgIpc) is 3.38. The van der Waals surface area contributed by atoms with Crippen molar-refractivity contribution < 1.29 is 4.39 Å². The largest absolute Gasteiger partial charge is 0.386 e. The maximum Gasteiger partial charge on any atom is 0.146 e. The summed E-state index contributed by atoms with van der Waals surface area (Å²) in [6, 6.07) is 10.8. The summed E-state index contributed by atoms with van der Waals surface area (Å²) in [7, 11) is 1.71. The quantitative estimate of drug-likeness (QED) is 0.856. The average molecular weight is 299 g/mol. The second-order valence-corrected chi connectivity index (χ2v) is 6.11. The van der Waals surface area contributed by atoms with Crippen molar-refractivity contribution in [3.05, 3.63) is 59.7 Å². The first-order chi connectivity index (χ1) is 10.6. The third kappa shape index (κ3) is 2.97. The van der Waals surface area contributed by atoms with Crippen molar-refractivity contribution >= 4 is 5.69 Å². The van der Waals surface area contributed by atoms with Crippen molar-refractivity contribution in [3.63, 3.8) is 0 Å². The zero-order chi connectivity index (χ0) is 15.6. The normalized spacial score (nSPS) is 17.0. The first kappa shape index (κ1) is 15.0. The molecule has 1 saturated carbocycles. The van der Waals surface area contributed by atoms with Crippen LogP contribution in [-0.2, 0) is 5.54 Å². The molecule has 1 aromatic carbocycles. The third-order valence-corrected chi connectivity index (χ3v) is 4.52. The highest BCUT2D eigenvalue weighted by Gasteiger charge is 2.34. The maximum atomic E-state index is 13.8. The van der Waals surface area contributed by atoms with Crippen LogP contribution in [0.2, 0.25) is 0 Å². The van der Waals surface area contributed by atoms with Gasteiger partial charge in [0.2, 0.25) is 0 Å². The maximum absolute atomic E-state index is 13.8. The molecule has 1 aliphatic carbocycles. The molecule has 1 atom stereocenters. The Morgan fingerprint density at radius 2 is 2.14 bits per heavy atom. The molecule has 3 rings (SSSR count). The number of anilines is 1. The highest BCUT2D eigenvalue weighted by Crippen LogP contribution is 2.39. The second-order valence-electron chi connectivity index (χ2n) is 6.11. The highest BCUT2D eigenvalue weighted by atomic mass is 19.1. The molecule has 4 heteroatoms. The van der Waals surface area contributed by atoms with Crippen LogP contribution in [0, 0.1) is 11.7 Å².